The zero-order valence-electron chi connectivity index (χ0n) is 12.0. The van der Waals surface area contributed by atoms with Gasteiger partial charge in [0.2, 0.25) is 0 Å². The van der Waals surface area contributed by atoms with Gasteiger partial charge in [-0.2, -0.15) is 5.26 Å². The summed E-state index contributed by atoms with van der Waals surface area (Å²) in [5, 5.41) is 9.14. The van der Waals surface area contributed by atoms with Gasteiger partial charge in [0.15, 0.2) is 5.82 Å². The van der Waals surface area contributed by atoms with Crippen LogP contribution in [0.15, 0.2) is 6.07 Å². The molecule has 1 aromatic rings. The standard InChI is InChI=1S/C15H22N4/c1-4-15(2,3)12-5-6-13-10(8-12)7-11(9-16)14(18-13)19-17/h7,12H,4-6,8,17H2,1-3H3,(H,18,19). The molecule has 0 aromatic carbocycles. The van der Waals surface area contributed by atoms with Crippen LogP contribution in [-0.2, 0) is 12.8 Å². The number of fused-ring (bicyclic) bond motifs is 1. The van der Waals surface area contributed by atoms with Crippen LogP contribution in [0.1, 0.15) is 50.4 Å². The molecule has 1 atom stereocenters. The van der Waals surface area contributed by atoms with Crippen LogP contribution in [0.2, 0.25) is 0 Å². The molecular weight excluding hydrogens is 236 g/mol. The Labute approximate surface area is 115 Å². The lowest BCUT2D eigenvalue weighted by Crippen LogP contribution is -2.29. The smallest absolute Gasteiger partial charge is 0.158 e. The number of rotatable bonds is 3. The van der Waals surface area contributed by atoms with Crippen molar-refractivity contribution < 1.29 is 0 Å². The number of aryl methyl sites for hydroxylation is 1. The highest BCUT2D eigenvalue weighted by atomic mass is 15.2. The van der Waals surface area contributed by atoms with Crippen LogP contribution in [0.3, 0.4) is 0 Å². The van der Waals surface area contributed by atoms with E-state index in [1.165, 1.54) is 12.0 Å². The van der Waals surface area contributed by atoms with E-state index in [1.807, 2.05) is 6.07 Å². The molecule has 0 amide bonds. The molecule has 0 saturated heterocycles. The van der Waals surface area contributed by atoms with Gasteiger partial charge in [0, 0.05) is 5.69 Å². The van der Waals surface area contributed by atoms with Crippen LogP contribution in [0.4, 0.5) is 5.82 Å². The lowest BCUT2D eigenvalue weighted by molar-refractivity contribution is 0.182. The van der Waals surface area contributed by atoms with E-state index in [0.29, 0.717) is 22.7 Å². The van der Waals surface area contributed by atoms with E-state index < -0.39 is 0 Å². The van der Waals surface area contributed by atoms with Crippen molar-refractivity contribution in [2.45, 2.75) is 46.5 Å². The highest BCUT2D eigenvalue weighted by molar-refractivity contribution is 5.54. The fourth-order valence-corrected chi connectivity index (χ4v) is 2.82. The number of nitrogens with zero attached hydrogens (tertiary/aromatic N) is 2. The van der Waals surface area contributed by atoms with Gasteiger partial charge in [-0.05, 0) is 42.2 Å². The molecule has 0 spiro atoms. The molecule has 0 bridgehead atoms. The van der Waals surface area contributed by atoms with Crippen LogP contribution in [-0.4, -0.2) is 4.98 Å². The van der Waals surface area contributed by atoms with Crippen LogP contribution < -0.4 is 11.3 Å². The topological polar surface area (TPSA) is 74.7 Å². The Morgan fingerprint density at radius 2 is 2.32 bits per heavy atom. The first-order chi connectivity index (χ1) is 9.01. The summed E-state index contributed by atoms with van der Waals surface area (Å²) in [7, 11) is 0. The lowest BCUT2D eigenvalue weighted by atomic mass is 9.69. The first-order valence-electron chi connectivity index (χ1n) is 6.91. The predicted octanol–water partition coefficient (Wildman–Crippen LogP) is 2.78. The molecular formula is C15H22N4. The van der Waals surface area contributed by atoms with Crippen molar-refractivity contribution in [1.82, 2.24) is 4.98 Å². The van der Waals surface area contributed by atoms with Gasteiger partial charge in [-0.1, -0.05) is 27.2 Å². The van der Waals surface area contributed by atoms with Crippen molar-refractivity contribution in [2.75, 3.05) is 5.43 Å². The second kappa shape index (κ2) is 5.18. The summed E-state index contributed by atoms with van der Waals surface area (Å²) in [5.74, 6) is 6.57. The van der Waals surface area contributed by atoms with E-state index in [4.69, 9.17) is 11.1 Å². The van der Waals surface area contributed by atoms with Crippen LogP contribution >= 0.6 is 0 Å². The van der Waals surface area contributed by atoms with Crippen molar-refractivity contribution in [3.63, 3.8) is 0 Å². The zero-order chi connectivity index (χ0) is 14.0. The summed E-state index contributed by atoms with van der Waals surface area (Å²) < 4.78 is 0. The largest absolute Gasteiger partial charge is 0.307 e. The number of nitriles is 1. The maximum atomic E-state index is 9.14. The number of nitrogens with one attached hydrogen (secondary N) is 1. The predicted molar refractivity (Wildman–Crippen MR) is 76.3 cm³/mol. The van der Waals surface area contributed by atoms with E-state index in [9.17, 15) is 0 Å². The fraction of sp³-hybridized carbons (Fsp3) is 0.600. The van der Waals surface area contributed by atoms with Crippen LogP contribution in [0, 0.1) is 22.7 Å². The Hall–Kier alpha value is -1.60. The average Bonchev–Trinajstić information content (AvgIpc) is 2.44. The average molecular weight is 258 g/mol. The van der Waals surface area contributed by atoms with E-state index in [0.717, 1.165) is 25.0 Å². The van der Waals surface area contributed by atoms with Crippen LogP contribution in [0.5, 0.6) is 0 Å². The normalized spacial score (nSPS) is 18.6. The molecule has 2 rings (SSSR count). The minimum Gasteiger partial charge on any atom is -0.307 e. The van der Waals surface area contributed by atoms with Crippen molar-refractivity contribution in [2.24, 2.45) is 17.2 Å². The molecule has 102 valence electrons. The van der Waals surface area contributed by atoms with Crippen LogP contribution in [0.25, 0.3) is 0 Å². The quantitative estimate of drug-likeness (QED) is 0.645. The Kier molecular flexibility index (Phi) is 3.77. The summed E-state index contributed by atoms with van der Waals surface area (Å²) in [6.45, 7) is 6.91. The van der Waals surface area contributed by atoms with Crippen molar-refractivity contribution >= 4 is 5.82 Å². The number of hydrogen-bond donors (Lipinski definition) is 2. The van der Waals surface area contributed by atoms with E-state index in [1.54, 1.807) is 0 Å². The fourth-order valence-electron chi connectivity index (χ4n) is 2.82. The minimum absolute atomic E-state index is 0.343. The van der Waals surface area contributed by atoms with Gasteiger partial charge in [-0.25, -0.2) is 10.8 Å². The van der Waals surface area contributed by atoms with Gasteiger partial charge < -0.3 is 5.43 Å². The Balaban J connectivity index is 2.33. The number of aromatic nitrogens is 1. The molecule has 0 saturated carbocycles. The van der Waals surface area contributed by atoms with Gasteiger partial charge in [0.25, 0.3) is 0 Å². The molecule has 0 fully saturated rings. The Bertz CT molecular complexity index is 514. The summed E-state index contributed by atoms with van der Waals surface area (Å²) in [4.78, 5) is 4.49. The number of pyridine rings is 1. The number of hydrogen-bond acceptors (Lipinski definition) is 4. The van der Waals surface area contributed by atoms with Gasteiger partial charge in [0.05, 0.1) is 5.56 Å². The Morgan fingerprint density at radius 1 is 1.58 bits per heavy atom. The molecule has 0 radical (unpaired) electrons. The molecule has 19 heavy (non-hydrogen) atoms. The summed E-state index contributed by atoms with van der Waals surface area (Å²) >= 11 is 0. The minimum atomic E-state index is 0.343. The van der Waals surface area contributed by atoms with Crippen molar-refractivity contribution in [3.8, 4) is 6.07 Å². The SMILES string of the molecule is CCC(C)(C)C1CCc2nc(NN)c(C#N)cc2C1. The summed E-state index contributed by atoms with van der Waals surface area (Å²) in [6, 6.07) is 4.11. The highest BCUT2D eigenvalue weighted by Crippen LogP contribution is 2.39. The molecule has 4 nitrogen and oxygen atoms in total. The number of anilines is 1. The molecule has 1 aliphatic rings. The second-order valence-electron chi connectivity index (χ2n) is 6.03. The van der Waals surface area contributed by atoms with E-state index >= 15 is 0 Å². The van der Waals surface area contributed by atoms with Gasteiger partial charge in [-0.15, -0.1) is 0 Å². The summed E-state index contributed by atoms with van der Waals surface area (Å²) in [5.41, 5.74) is 5.71. The maximum Gasteiger partial charge on any atom is 0.158 e. The molecule has 3 N–H and O–H groups in total. The molecule has 1 unspecified atom stereocenters. The third-order valence-electron chi connectivity index (χ3n) is 4.66. The molecule has 1 aliphatic carbocycles. The first-order valence-corrected chi connectivity index (χ1v) is 6.91. The van der Waals surface area contributed by atoms with Gasteiger partial charge in [-0.3, -0.25) is 0 Å². The van der Waals surface area contributed by atoms with Crippen molar-refractivity contribution in [1.29, 1.82) is 5.26 Å². The number of hydrazine groups is 1. The molecule has 1 aromatic heterocycles. The van der Waals surface area contributed by atoms with E-state index in [-0.39, 0.29) is 0 Å². The lowest BCUT2D eigenvalue weighted by Gasteiger charge is -2.37. The third-order valence-corrected chi connectivity index (χ3v) is 4.66. The monoisotopic (exact) mass is 258 g/mol. The first kappa shape index (κ1) is 13.8. The highest BCUT2D eigenvalue weighted by Gasteiger charge is 2.31. The van der Waals surface area contributed by atoms with Gasteiger partial charge in [0.1, 0.15) is 6.07 Å². The van der Waals surface area contributed by atoms with Crippen molar-refractivity contribution in [3.05, 3.63) is 22.9 Å². The zero-order valence-corrected chi connectivity index (χ0v) is 12.0. The maximum absolute atomic E-state index is 9.14. The molecule has 0 aliphatic heterocycles. The molecule has 1 heterocycles. The third kappa shape index (κ3) is 2.57. The number of nitrogen functional groups attached to an aromatic ring is 1. The second-order valence-corrected chi connectivity index (χ2v) is 6.03. The number of nitrogens with two attached hydrogens (primary N) is 1. The van der Waals surface area contributed by atoms with E-state index in [2.05, 4.69) is 37.3 Å². The summed E-state index contributed by atoms with van der Waals surface area (Å²) in [6.07, 6.45) is 4.33. The molecule has 4 heteroatoms. The van der Waals surface area contributed by atoms with Gasteiger partial charge >= 0.3 is 0 Å². The Morgan fingerprint density at radius 3 is 2.89 bits per heavy atom.